The number of esters is 1. The average Bonchev–Trinajstić information content (AvgIpc) is 2.79. The first-order chi connectivity index (χ1) is 8.65. The number of imidazole rings is 1. The molecule has 1 unspecified atom stereocenters. The quantitative estimate of drug-likeness (QED) is 0.844. The average molecular weight is 246 g/mol. The third-order valence-corrected chi connectivity index (χ3v) is 3.21. The van der Waals surface area contributed by atoms with Gasteiger partial charge in [-0.2, -0.15) is 0 Å². The second-order valence-electron chi connectivity index (χ2n) is 4.59. The van der Waals surface area contributed by atoms with E-state index in [0.717, 1.165) is 24.2 Å². The topological polar surface area (TPSA) is 55.0 Å². The highest BCUT2D eigenvalue weighted by molar-refractivity contribution is 6.01. The van der Waals surface area contributed by atoms with Gasteiger partial charge in [-0.3, -0.25) is 0 Å². The van der Waals surface area contributed by atoms with Gasteiger partial charge in [-0.25, -0.2) is 9.78 Å². The molecule has 2 rings (SSSR count). The summed E-state index contributed by atoms with van der Waals surface area (Å²) in [6.07, 6.45) is 2.01. The molecule has 1 atom stereocenters. The Balaban J connectivity index is 2.41. The SMILES string of the molecule is CCC(C)Cc1nc2c(C(=O)OC)cccc2[nH]1. The van der Waals surface area contributed by atoms with Crippen LogP contribution in [0, 0.1) is 5.92 Å². The highest BCUT2D eigenvalue weighted by Crippen LogP contribution is 2.19. The van der Waals surface area contributed by atoms with Crippen molar-refractivity contribution in [3.05, 3.63) is 29.6 Å². The molecule has 4 heteroatoms. The number of carbonyl (C=O) groups excluding carboxylic acids is 1. The minimum atomic E-state index is -0.345. The predicted molar refractivity (Wildman–Crippen MR) is 70.6 cm³/mol. The number of methoxy groups -OCH3 is 1. The van der Waals surface area contributed by atoms with E-state index in [1.165, 1.54) is 7.11 Å². The minimum Gasteiger partial charge on any atom is -0.465 e. The lowest BCUT2D eigenvalue weighted by Crippen LogP contribution is -2.02. The molecule has 0 fully saturated rings. The van der Waals surface area contributed by atoms with Gasteiger partial charge in [-0.15, -0.1) is 0 Å². The maximum absolute atomic E-state index is 11.6. The Morgan fingerprint density at radius 1 is 1.50 bits per heavy atom. The number of nitrogens with zero attached hydrogens (tertiary/aromatic N) is 1. The molecule has 18 heavy (non-hydrogen) atoms. The van der Waals surface area contributed by atoms with Crippen LogP contribution in [0.5, 0.6) is 0 Å². The van der Waals surface area contributed by atoms with Crippen LogP contribution in [-0.4, -0.2) is 23.0 Å². The Labute approximate surface area is 106 Å². The molecule has 1 aromatic heterocycles. The second-order valence-corrected chi connectivity index (χ2v) is 4.59. The summed E-state index contributed by atoms with van der Waals surface area (Å²) in [5.41, 5.74) is 2.10. The predicted octanol–water partition coefficient (Wildman–Crippen LogP) is 2.94. The standard InChI is InChI=1S/C14H18N2O2/c1-4-9(2)8-12-15-11-7-5-6-10(13(11)16-12)14(17)18-3/h5-7,9H,4,8H2,1-3H3,(H,15,16). The Morgan fingerprint density at radius 3 is 2.94 bits per heavy atom. The molecule has 96 valence electrons. The van der Waals surface area contributed by atoms with Crippen molar-refractivity contribution in [2.45, 2.75) is 26.7 Å². The van der Waals surface area contributed by atoms with E-state index >= 15 is 0 Å². The molecular formula is C14H18N2O2. The van der Waals surface area contributed by atoms with Crippen LogP contribution in [0.15, 0.2) is 18.2 Å². The number of fused-ring (bicyclic) bond motifs is 1. The van der Waals surface area contributed by atoms with E-state index in [0.29, 0.717) is 17.0 Å². The van der Waals surface area contributed by atoms with Crippen molar-refractivity contribution in [1.29, 1.82) is 0 Å². The molecule has 0 aliphatic rings. The number of H-pyrrole nitrogens is 1. The molecule has 1 heterocycles. The normalized spacial score (nSPS) is 12.6. The van der Waals surface area contributed by atoms with Crippen LogP contribution >= 0.6 is 0 Å². The van der Waals surface area contributed by atoms with Gasteiger partial charge < -0.3 is 9.72 Å². The van der Waals surface area contributed by atoms with Crippen molar-refractivity contribution in [2.75, 3.05) is 7.11 Å². The van der Waals surface area contributed by atoms with Gasteiger partial charge in [0.2, 0.25) is 0 Å². The summed E-state index contributed by atoms with van der Waals surface area (Å²) in [5, 5.41) is 0. The molecule has 1 N–H and O–H groups in total. The van der Waals surface area contributed by atoms with Crippen LogP contribution in [0.4, 0.5) is 0 Å². The number of carbonyl (C=O) groups is 1. The van der Waals surface area contributed by atoms with Crippen molar-refractivity contribution in [3.8, 4) is 0 Å². The van der Waals surface area contributed by atoms with E-state index in [-0.39, 0.29) is 5.97 Å². The van der Waals surface area contributed by atoms with Crippen molar-refractivity contribution >= 4 is 17.0 Å². The minimum absolute atomic E-state index is 0.345. The first kappa shape index (κ1) is 12.6. The maximum atomic E-state index is 11.6. The lowest BCUT2D eigenvalue weighted by molar-refractivity contribution is 0.0603. The van der Waals surface area contributed by atoms with Gasteiger partial charge in [0.05, 0.1) is 18.2 Å². The van der Waals surface area contributed by atoms with Crippen molar-refractivity contribution < 1.29 is 9.53 Å². The highest BCUT2D eigenvalue weighted by Gasteiger charge is 2.14. The summed E-state index contributed by atoms with van der Waals surface area (Å²) in [6, 6.07) is 5.50. The summed E-state index contributed by atoms with van der Waals surface area (Å²) in [5.74, 6) is 1.16. The zero-order valence-corrected chi connectivity index (χ0v) is 11.0. The number of para-hydroxylation sites is 1. The van der Waals surface area contributed by atoms with Crippen LogP contribution in [0.2, 0.25) is 0 Å². The monoisotopic (exact) mass is 246 g/mol. The molecular weight excluding hydrogens is 228 g/mol. The zero-order valence-electron chi connectivity index (χ0n) is 11.0. The first-order valence-corrected chi connectivity index (χ1v) is 6.21. The molecule has 0 spiro atoms. The number of nitrogens with one attached hydrogen (secondary N) is 1. The second kappa shape index (κ2) is 5.21. The molecule has 0 aliphatic heterocycles. The van der Waals surface area contributed by atoms with Crippen LogP contribution in [0.3, 0.4) is 0 Å². The largest absolute Gasteiger partial charge is 0.465 e. The molecule has 2 aromatic rings. The molecule has 0 saturated carbocycles. The number of aromatic nitrogens is 2. The first-order valence-electron chi connectivity index (χ1n) is 6.21. The zero-order chi connectivity index (χ0) is 13.1. The van der Waals surface area contributed by atoms with Gasteiger partial charge in [0.25, 0.3) is 0 Å². The van der Waals surface area contributed by atoms with Crippen molar-refractivity contribution in [1.82, 2.24) is 9.97 Å². The molecule has 1 aromatic carbocycles. The van der Waals surface area contributed by atoms with Gasteiger partial charge in [-0.1, -0.05) is 26.3 Å². The van der Waals surface area contributed by atoms with Crippen LogP contribution in [0.1, 0.15) is 36.5 Å². The fraction of sp³-hybridized carbons (Fsp3) is 0.429. The van der Waals surface area contributed by atoms with Crippen LogP contribution in [-0.2, 0) is 11.2 Å². The highest BCUT2D eigenvalue weighted by atomic mass is 16.5. The maximum Gasteiger partial charge on any atom is 0.340 e. The Morgan fingerprint density at radius 2 is 2.28 bits per heavy atom. The third-order valence-electron chi connectivity index (χ3n) is 3.21. The van der Waals surface area contributed by atoms with Gasteiger partial charge in [0.15, 0.2) is 0 Å². The third kappa shape index (κ3) is 2.37. The van der Waals surface area contributed by atoms with E-state index in [9.17, 15) is 4.79 Å². The van der Waals surface area contributed by atoms with Crippen molar-refractivity contribution in [3.63, 3.8) is 0 Å². The van der Waals surface area contributed by atoms with Crippen LogP contribution in [0.25, 0.3) is 11.0 Å². The van der Waals surface area contributed by atoms with E-state index in [4.69, 9.17) is 4.74 Å². The van der Waals surface area contributed by atoms with Crippen LogP contribution < -0.4 is 0 Å². The number of ether oxygens (including phenoxy) is 1. The van der Waals surface area contributed by atoms with Gasteiger partial charge in [0, 0.05) is 6.42 Å². The Kier molecular flexibility index (Phi) is 3.65. The van der Waals surface area contributed by atoms with Crippen molar-refractivity contribution in [2.24, 2.45) is 5.92 Å². The lowest BCUT2D eigenvalue weighted by atomic mass is 10.1. The number of hydrogen-bond donors (Lipinski definition) is 1. The fourth-order valence-electron chi connectivity index (χ4n) is 1.93. The number of hydrogen-bond acceptors (Lipinski definition) is 3. The van der Waals surface area contributed by atoms with E-state index in [1.807, 2.05) is 12.1 Å². The fourth-order valence-corrected chi connectivity index (χ4v) is 1.93. The van der Waals surface area contributed by atoms with E-state index in [1.54, 1.807) is 6.07 Å². The number of aromatic amines is 1. The number of benzene rings is 1. The van der Waals surface area contributed by atoms with Gasteiger partial charge >= 0.3 is 5.97 Å². The number of rotatable bonds is 4. The summed E-state index contributed by atoms with van der Waals surface area (Å²) in [4.78, 5) is 19.4. The Bertz CT molecular complexity index is 560. The summed E-state index contributed by atoms with van der Waals surface area (Å²) >= 11 is 0. The van der Waals surface area contributed by atoms with Gasteiger partial charge in [0.1, 0.15) is 11.3 Å². The van der Waals surface area contributed by atoms with Gasteiger partial charge in [-0.05, 0) is 18.1 Å². The molecule has 0 saturated heterocycles. The summed E-state index contributed by atoms with van der Waals surface area (Å²) in [6.45, 7) is 4.35. The summed E-state index contributed by atoms with van der Waals surface area (Å²) in [7, 11) is 1.38. The summed E-state index contributed by atoms with van der Waals surface area (Å²) < 4.78 is 4.76. The molecule has 0 bridgehead atoms. The molecule has 0 radical (unpaired) electrons. The smallest absolute Gasteiger partial charge is 0.340 e. The molecule has 4 nitrogen and oxygen atoms in total. The lowest BCUT2D eigenvalue weighted by Gasteiger charge is -2.03. The molecule has 0 aliphatic carbocycles. The molecule has 0 amide bonds. The Hall–Kier alpha value is -1.84. The van der Waals surface area contributed by atoms with E-state index in [2.05, 4.69) is 23.8 Å². The van der Waals surface area contributed by atoms with E-state index < -0.39 is 0 Å².